The molecule has 0 spiro atoms. The molecule has 9 heteroatoms. The highest BCUT2D eigenvalue weighted by Crippen LogP contribution is 2.34. The van der Waals surface area contributed by atoms with E-state index in [4.69, 9.17) is 9.47 Å². The van der Waals surface area contributed by atoms with Gasteiger partial charge in [-0.05, 0) is 55.3 Å². The maximum Gasteiger partial charge on any atom is 0.231 e. The summed E-state index contributed by atoms with van der Waals surface area (Å²) in [7, 11) is 4.02. The Morgan fingerprint density at radius 1 is 0.971 bits per heavy atom. The van der Waals surface area contributed by atoms with Gasteiger partial charge in [0.05, 0.1) is 0 Å². The van der Waals surface area contributed by atoms with Crippen molar-refractivity contribution in [3.05, 3.63) is 54.6 Å². The van der Waals surface area contributed by atoms with Crippen molar-refractivity contribution in [2.45, 2.75) is 12.8 Å². The summed E-state index contributed by atoms with van der Waals surface area (Å²) < 4.78 is 10.7. The average Bonchev–Trinajstić information content (AvgIpc) is 3.33. The number of carbonyl (C=O) groups excluding carboxylic acids is 1. The molecule has 0 unspecified atom stereocenters. The maximum atomic E-state index is 12.8. The van der Waals surface area contributed by atoms with E-state index in [0.29, 0.717) is 17.3 Å². The monoisotopic (exact) mass is 460 g/mol. The van der Waals surface area contributed by atoms with E-state index in [1.807, 2.05) is 50.5 Å². The molecule has 34 heavy (non-hydrogen) atoms. The molecular formula is C25H28N6O3. The Morgan fingerprint density at radius 2 is 1.79 bits per heavy atom. The number of nitrogens with one attached hydrogen (secondary N) is 2. The standard InChI is InChI=1S/C25H28N6O3/c1-30(2)20-5-3-4-18(14-20)26-23-8-9-24(29-28-23)31-12-10-17(11-13-31)25(32)27-19-6-7-21-22(15-19)34-16-33-21/h3-9,14-15,17H,10-13,16H2,1-2H3,(H,26,28)(H,27,32). The Kier molecular flexibility index (Phi) is 6.07. The predicted octanol–water partition coefficient (Wildman–Crippen LogP) is 3.87. The van der Waals surface area contributed by atoms with Crippen LogP contribution in [0.25, 0.3) is 0 Å². The fourth-order valence-corrected chi connectivity index (χ4v) is 4.16. The first-order valence-corrected chi connectivity index (χ1v) is 11.4. The third-order valence-corrected chi connectivity index (χ3v) is 6.12. The van der Waals surface area contributed by atoms with Crippen molar-refractivity contribution in [2.24, 2.45) is 5.92 Å². The van der Waals surface area contributed by atoms with Crippen LogP contribution >= 0.6 is 0 Å². The number of aromatic nitrogens is 2. The lowest BCUT2D eigenvalue weighted by Crippen LogP contribution is -2.38. The lowest BCUT2D eigenvalue weighted by atomic mass is 9.96. The largest absolute Gasteiger partial charge is 0.454 e. The highest BCUT2D eigenvalue weighted by molar-refractivity contribution is 5.93. The van der Waals surface area contributed by atoms with Gasteiger partial charge in [0.1, 0.15) is 0 Å². The van der Waals surface area contributed by atoms with Crippen LogP contribution < -0.4 is 29.9 Å². The zero-order chi connectivity index (χ0) is 23.5. The van der Waals surface area contributed by atoms with E-state index >= 15 is 0 Å². The molecule has 0 aliphatic carbocycles. The lowest BCUT2D eigenvalue weighted by molar-refractivity contribution is -0.120. The van der Waals surface area contributed by atoms with Crippen molar-refractivity contribution in [1.82, 2.24) is 10.2 Å². The number of benzene rings is 2. The molecule has 1 fully saturated rings. The number of piperidine rings is 1. The minimum Gasteiger partial charge on any atom is -0.454 e. The molecule has 3 heterocycles. The first-order chi connectivity index (χ1) is 16.5. The molecule has 0 bridgehead atoms. The van der Waals surface area contributed by atoms with E-state index in [2.05, 4.69) is 42.8 Å². The highest BCUT2D eigenvalue weighted by atomic mass is 16.7. The summed E-state index contributed by atoms with van der Waals surface area (Å²) in [6, 6.07) is 17.5. The summed E-state index contributed by atoms with van der Waals surface area (Å²) in [5.41, 5.74) is 2.80. The zero-order valence-electron chi connectivity index (χ0n) is 19.3. The normalized spacial score (nSPS) is 15.2. The molecule has 1 aromatic heterocycles. The van der Waals surface area contributed by atoms with Crippen LogP contribution in [0.5, 0.6) is 11.5 Å². The van der Waals surface area contributed by atoms with Crippen LogP contribution in [-0.4, -0.2) is 50.1 Å². The summed E-state index contributed by atoms with van der Waals surface area (Å²) in [5.74, 6) is 2.87. The first kappa shape index (κ1) is 21.8. The Balaban J connectivity index is 1.14. The van der Waals surface area contributed by atoms with Gasteiger partial charge in [0, 0.05) is 56.2 Å². The van der Waals surface area contributed by atoms with Crippen LogP contribution in [0.15, 0.2) is 54.6 Å². The number of anilines is 5. The zero-order valence-corrected chi connectivity index (χ0v) is 19.3. The summed E-state index contributed by atoms with van der Waals surface area (Å²) in [6.45, 7) is 1.73. The molecule has 1 amide bonds. The maximum absolute atomic E-state index is 12.8. The number of amides is 1. The van der Waals surface area contributed by atoms with Gasteiger partial charge in [-0.15, -0.1) is 10.2 Å². The van der Waals surface area contributed by atoms with Gasteiger partial charge in [0.15, 0.2) is 23.1 Å². The molecule has 2 aromatic carbocycles. The molecule has 2 N–H and O–H groups in total. The van der Waals surface area contributed by atoms with Gasteiger partial charge in [-0.2, -0.15) is 0 Å². The van der Waals surface area contributed by atoms with E-state index in [1.165, 1.54) is 0 Å². The summed E-state index contributed by atoms with van der Waals surface area (Å²) in [6.07, 6.45) is 1.52. The smallest absolute Gasteiger partial charge is 0.231 e. The van der Waals surface area contributed by atoms with E-state index in [1.54, 1.807) is 6.07 Å². The fraction of sp³-hybridized carbons (Fsp3) is 0.320. The highest BCUT2D eigenvalue weighted by Gasteiger charge is 2.26. The third kappa shape index (κ3) is 4.83. The minimum atomic E-state index is -0.0421. The third-order valence-electron chi connectivity index (χ3n) is 6.12. The van der Waals surface area contributed by atoms with Gasteiger partial charge < -0.3 is 29.9 Å². The molecule has 0 radical (unpaired) electrons. The van der Waals surface area contributed by atoms with Crippen molar-refractivity contribution in [3.8, 4) is 11.5 Å². The van der Waals surface area contributed by atoms with Crippen LogP contribution in [0.4, 0.5) is 28.7 Å². The van der Waals surface area contributed by atoms with Gasteiger partial charge in [-0.1, -0.05) is 6.07 Å². The van der Waals surface area contributed by atoms with Gasteiger partial charge in [-0.3, -0.25) is 4.79 Å². The first-order valence-electron chi connectivity index (χ1n) is 11.4. The SMILES string of the molecule is CN(C)c1cccc(Nc2ccc(N3CCC(C(=O)Nc4ccc5c(c4)OCO5)CC3)nn2)c1. The summed E-state index contributed by atoms with van der Waals surface area (Å²) >= 11 is 0. The number of nitrogens with zero attached hydrogens (tertiary/aromatic N) is 4. The molecule has 2 aliphatic heterocycles. The van der Waals surface area contributed by atoms with Gasteiger partial charge in [0.2, 0.25) is 12.7 Å². The Morgan fingerprint density at radius 3 is 2.56 bits per heavy atom. The topological polar surface area (TPSA) is 91.9 Å². The number of rotatable bonds is 6. The van der Waals surface area contributed by atoms with Crippen molar-refractivity contribution < 1.29 is 14.3 Å². The second kappa shape index (κ2) is 9.46. The average molecular weight is 461 g/mol. The molecule has 176 valence electrons. The number of carbonyl (C=O) groups is 1. The van der Waals surface area contributed by atoms with E-state index in [9.17, 15) is 4.79 Å². The van der Waals surface area contributed by atoms with Gasteiger partial charge >= 0.3 is 0 Å². The van der Waals surface area contributed by atoms with Crippen LogP contribution in [-0.2, 0) is 4.79 Å². The summed E-state index contributed by atoms with van der Waals surface area (Å²) in [4.78, 5) is 17.0. The molecule has 9 nitrogen and oxygen atoms in total. The molecule has 0 atom stereocenters. The van der Waals surface area contributed by atoms with Crippen LogP contribution in [0.3, 0.4) is 0 Å². The Bertz CT molecular complexity index is 1160. The molecule has 0 saturated carbocycles. The molecular weight excluding hydrogens is 432 g/mol. The molecule has 1 saturated heterocycles. The second-order valence-electron chi connectivity index (χ2n) is 8.67. The van der Waals surface area contributed by atoms with Gasteiger partial charge in [-0.25, -0.2) is 0 Å². The fourth-order valence-electron chi connectivity index (χ4n) is 4.16. The van der Waals surface area contributed by atoms with E-state index in [0.717, 1.165) is 48.8 Å². The molecule has 2 aliphatic rings. The van der Waals surface area contributed by atoms with E-state index in [-0.39, 0.29) is 18.6 Å². The van der Waals surface area contributed by atoms with Crippen LogP contribution in [0.1, 0.15) is 12.8 Å². The van der Waals surface area contributed by atoms with E-state index < -0.39 is 0 Å². The van der Waals surface area contributed by atoms with Crippen molar-refractivity contribution in [1.29, 1.82) is 0 Å². The number of ether oxygens (including phenoxy) is 2. The summed E-state index contributed by atoms with van der Waals surface area (Å²) in [5, 5.41) is 15.1. The van der Waals surface area contributed by atoms with Crippen LogP contribution in [0, 0.1) is 5.92 Å². The quantitative estimate of drug-likeness (QED) is 0.573. The van der Waals surface area contributed by atoms with Gasteiger partial charge in [0.25, 0.3) is 0 Å². The second-order valence-corrected chi connectivity index (χ2v) is 8.67. The number of hydrogen-bond acceptors (Lipinski definition) is 8. The number of hydrogen-bond donors (Lipinski definition) is 2. The Hall–Kier alpha value is -4.01. The molecule has 5 rings (SSSR count). The lowest BCUT2D eigenvalue weighted by Gasteiger charge is -2.31. The number of fused-ring (bicyclic) bond motifs is 1. The van der Waals surface area contributed by atoms with Crippen LogP contribution in [0.2, 0.25) is 0 Å². The predicted molar refractivity (Wildman–Crippen MR) is 132 cm³/mol. The minimum absolute atomic E-state index is 0.0316. The Labute approximate surface area is 198 Å². The van der Waals surface area contributed by atoms with Crippen molar-refractivity contribution in [3.63, 3.8) is 0 Å². The molecule has 3 aromatic rings. The van der Waals surface area contributed by atoms with Crippen molar-refractivity contribution >= 4 is 34.6 Å². The van der Waals surface area contributed by atoms with Crippen molar-refractivity contribution in [2.75, 3.05) is 54.4 Å².